The van der Waals surface area contributed by atoms with Crippen LogP contribution in [0, 0.1) is 11.8 Å². The van der Waals surface area contributed by atoms with Crippen LogP contribution in [0.4, 0.5) is 0 Å². The van der Waals surface area contributed by atoms with Gasteiger partial charge in [0.1, 0.15) is 11.5 Å². The van der Waals surface area contributed by atoms with Crippen LogP contribution in [0.25, 0.3) is 11.0 Å². The number of ketones is 1. The molecule has 1 unspecified atom stereocenters. The third-order valence-corrected chi connectivity index (χ3v) is 2.88. The number of carbonyl (C=O) groups is 2. The Labute approximate surface area is 104 Å². The van der Waals surface area contributed by atoms with E-state index >= 15 is 0 Å². The number of carboxylic acid groups (broad SMARTS) is 1. The van der Waals surface area contributed by atoms with Crippen molar-refractivity contribution in [3.8, 4) is 0 Å². The average molecular weight is 246 g/mol. The number of fused-ring (bicyclic) bond motifs is 1. The maximum Gasteiger partial charge on any atom is 0.314 e. The van der Waals surface area contributed by atoms with E-state index in [1.54, 1.807) is 32.0 Å². The zero-order valence-corrected chi connectivity index (χ0v) is 10.2. The van der Waals surface area contributed by atoms with Crippen LogP contribution in [-0.2, 0) is 4.79 Å². The number of Topliss-reactive ketones (excluding diaryl/α,β-unsaturated/α-hetero) is 1. The molecule has 1 aromatic carbocycles. The van der Waals surface area contributed by atoms with Crippen molar-refractivity contribution in [3.05, 3.63) is 36.1 Å². The molecule has 0 aliphatic rings. The highest BCUT2D eigenvalue weighted by Gasteiger charge is 2.32. The summed E-state index contributed by atoms with van der Waals surface area (Å²) in [6.07, 6.45) is 0. The summed E-state index contributed by atoms with van der Waals surface area (Å²) in [6.45, 7) is 3.42. The van der Waals surface area contributed by atoms with Crippen LogP contribution in [0.2, 0.25) is 0 Å². The number of aliphatic carboxylic acids is 1. The Morgan fingerprint density at radius 1 is 1.22 bits per heavy atom. The first-order chi connectivity index (χ1) is 8.50. The van der Waals surface area contributed by atoms with Gasteiger partial charge in [-0.15, -0.1) is 0 Å². The van der Waals surface area contributed by atoms with Crippen molar-refractivity contribution in [1.82, 2.24) is 0 Å². The van der Waals surface area contributed by atoms with E-state index in [-0.39, 0.29) is 11.7 Å². The van der Waals surface area contributed by atoms with Crippen LogP contribution in [0.3, 0.4) is 0 Å². The fraction of sp³-hybridized carbons (Fsp3) is 0.286. The smallest absolute Gasteiger partial charge is 0.314 e. The SMILES string of the molecule is CC(C)C(C(=O)O)C(=O)c1cc2ccccc2o1. The molecule has 0 bridgehead atoms. The first-order valence-electron chi connectivity index (χ1n) is 5.76. The lowest BCUT2D eigenvalue weighted by atomic mass is 9.90. The third kappa shape index (κ3) is 2.14. The maximum absolute atomic E-state index is 12.1. The number of para-hydroxylation sites is 1. The van der Waals surface area contributed by atoms with Gasteiger partial charge in [-0.05, 0) is 18.1 Å². The standard InChI is InChI=1S/C14H14O4/c1-8(2)12(14(16)17)13(15)11-7-9-5-3-4-6-10(9)18-11/h3-8,12H,1-2H3,(H,16,17). The van der Waals surface area contributed by atoms with Crippen LogP contribution in [0.1, 0.15) is 24.4 Å². The third-order valence-electron chi connectivity index (χ3n) is 2.88. The van der Waals surface area contributed by atoms with Crippen molar-refractivity contribution in [3.63, 3.8) is 0 Å². The lowest BCUT2D eigenvalue weighted by Crippen LogP contribution is -2.28. The maximum atomic E-state index is 12.1. The number of furan rings is 1. The molecule has 0 saturated carbocycles. The quantitative estimate of drug-likeness (QED) is 0.665. The largest absolute Gasteiger partial charge is 0.481 e. The van der Waals surface area contributed by atoms with E-state index in [1.165, 1.54) is 0 Å². The van der Waals surface area contributed by atoms with Gasteiger partial charge in [0, 0.05) is 5.39 Å². The van der Waals surface area contributed by atoms with Crippen molar-refractivity contribution in [1.29, 1.82) is 0 Å². The summed E-state index contributed by atoms with van der Waals surface area (Å²) in [7, 11) is 0. The molecule has 94 valence electrons. The fourth-order valence-electron chi connectivity index (χ4n) is 1.96. The van der Waals surface area contributed by atoms with Gasteiger partial charge in [-0.25, -0.2) is 0 Å². The molecule has 0 aliphatic carbocycles. The minimum atomic E-state index is -1.12. The van der Waals surface area contributed by atoms with E-state index in [2.05, 4.69) is 0 Å². The van der Waals surface area contributed by atoms with Crippen LogP contribution < -0.4 is 0 Å². The van der Waals surface area contributed by atoms with Gasteiger partial charge in [0.05, 0.1) is 0 Å². The molecule has 0 spiro atoms. The van der Waals surface area contributed by atoms with Crippen molar-refractivity contribution < 1.29 is 19.1 Å². The molecule has 0 aliphatic heterocycles. The molecule has 2 rings (SSSR count). The summed E-state index contributed by atoms with van der Waals surface area (Å²) in [5.74, 6) is -2.82. The zero-order chi connectivity index (χ0) is 13.3. The van der Waals surface area contributed by atoms with Gasteiger partial charge in [0.25, 0.3) is 0 Å². The summed E-state index contributed by atoms with van der Waals surface area (Å²) < 4.78 is 5.40. The normalized spacial score (nSPS) is 12.8. The Hall–Kier alpha value is -2.10. The van der Waals surface area contributed by atoms with Gasteiger partial charge >= 0.3 is 5.97 Å². The van der Waals surface area contributed by atoms with E-state index in [0.29, 0.717) is 5.58 Å². The van der Waals surface area contributed by atoms with Crippen molar-refractivity contribution in [2.75, 3.05) is 0 Å². The van der Waals surface area contributed by atoms with Gasteiger partial charge in [0.2, 0.25) is 5.78 Å². The summed E-state index contributed by atoms with van der Waals surface area (Å²) in [6, 6.07) is 8.80. The van der Waals surface area contributed by atoms with Gasteiger partial charge < -0.3 is 9.52 Å². The molecule has 0 amide bonds. The van der Waals surface area contributed by atoms with E-state index in [4.69, 9.17) is 9.52 Å². The Balaban J connectivity index is 2.41. The molecule has 4 heteroatoms. The predicted octanol–water partition coefficient (Wildman–Crippen LogP) is 2.97. The molecule has 18 heavy (non-hydrogen) atoms. The monoisotopic (exact) mass is 246 g/mol. The van der Waals surface area contributed by atoms with E-state index in [1.807, 2.05) is 12.1 Å². The van der Waals surface area contributed by atoms with Gasteiger partial charge in [-0.3, -0.25) is 9.59 Å². The lowest BCUT2D eigenvalue weighted by Gasteiger charge is -2.12. The minimum Gasteiger partial charge on any atom is -0.481 e. The number of carboxylic acids is 1. The molecule has 2 aromatic rings. The Kier molecular flexibility index (Phi) is 3.19. The molecular formula is C14H14O4. The Morgan fingerprint density at radius 3 is 2.44 bits per heavy atom. The predicted molar refractivity (Wildman–Crippen MR) is 66.5 cm³/mol. The molecule has 0 radical (unpaired) electrons. The van der Waals surface area contributed by atoms with Gasteiger partial charge in [-0.2, -0.15) is 0 Å². The number of hydrogen-bond acceptors (Lipinski definition) is 3. The van der Waals surface area contributed by atoms with Crippen LogP contribution in [0.5, 0.6) is 0 Å². The van der Waals surface area contributed by atoms with E-state index < -0.39 is 17.7 Å². The number of benzene rings is 1. The fourth-order valence-corrected chi connectivity index (χ4v) is 1.96. The lowest BCUT2D eigenvalue weighted by molar-refractivity contribution is -0.141. The van der Waals surface area contributed by atoms with Crippen molar-refractivity contribution >= 4 is 22.7 Å². The summed E-state index contributed by atoms with van der Waals surface area (Å²) >= 11 is 0. The molecule has 1 N–H and O–H groups in total. The summed E-state index contributed by atoms with van der Waals surface area (Å²) in [5.41, 5.74) is 0.591. The van der Waals surface area contributed by atoms with E-state index in [9.17, 15) is 9.59 Å². The highest BCUT2D eigenvalue weighted by molar-refractivity contribution is 6.08. The molecule has 1 heterocycles. The highest BCUT2D eigenvalue weighted by Crippen LogP contribution is 2.24. The first kappa shape index (κ1) is 12.4. The average Bonchev–Trinajstić information content (AvgIpc) is 2.71. The zero-order valence-electron chi connectivity index (χ0n) is 10.2. The minimum absolute atomic E-state index is 0.109. The summed E-state index contributed by atoms with van der Waals surface area (Å²) in [5, 5.41) is 9.89. The Morgan fingerprint density at radius 2 is 1.89 bits per heavy atom. The highest BCUT2D eigenvalue weighted by atomic mass is 16.4. The second kappa shape index (κ2) is 4.64. The molecule has 4 nitrogen and oxygen atoms in total. The summed E-state index contributed by atoms with van der Waals surface area (Å²) in [4.78, 5) is 23.2. The van der Waals surface area contributed by atoms with Crippen LogP contribution in [-0.4, -0.2) is 16.9 Å². The molecule has 0 saturated heterocycles. The van der Waals surface area contributed by atoms with Gasteiger partial charge in [-0.1, -0.05) is 32.0 Å². The molecular weight excluding hydrogens is 232 g/mol. The first-order valence-corrected chi connectivity index (χ1v) is 5.76. The number of rotatable bonds is 4. The molecule has 0 fully saturated rings. The van der Waals surface area contributed by atoms with Gasteiger partial charge in [0.15, 0.2) is 5.76 Å². The van der Waals surface area contributed by atoms with Crippen LogP contribution in [0.15, 0.2) is 34.7 Å². The second-order valence-electron chi connectivity index (χ2n) is 4.57. The van der Waals surface area contributed by atoms with E-state index in [0.717, 1.165) is 5.39 Å². The Bertz CT molecular complexity index is 562. The number of hydrogen-bond donors (Lipinski definition) is 1. The second-order valence-corrected chi connectivity index (χ2v) is 4.57. The van der Waals surface area contributed by atoms with Crippen molar-refractivity contribution in [2.24, 2.45) is 11.8 Å². The topological polar surface area (TPSA) is 67.5 Å². The molecule has 1 atom stereocenters. The van der Waals surface area contributed by atoms with Crippen LogP contribution >= 0.6 is 0 Å². The van der Waals surface area contributed by atoms with Crippen molar-refractivity contribution in [2.45, 2.75) is 13.8 Å². The number of carbonyl (C=O) groups excluding carboxylic acids is 1. The molecule has 1 aromatic heterocycles.